The number of phenols is 1. The Bertz CT molecular complexity index is 624. The third kappa shape index (κ3) is 1.90. The molecular weight excluding hydrogens is 272 g/mol. The topological polar surface area (TPSA) is 44.6 Å². The number of nitrogens with one attached hydrogen (secondary N) is 1. The van der Waals surface area contributed by atoms with Crippen LogP contribution in [0.15, 0.2) is 23.3 Å². The molecule has 0 aliphatic heterocycles. The van der Waals surface area contributed by atoms with E-state index in [2.05, 4.69) is 23.5 Å². The van der Waals surface area contributed by atoms with Crippen LogP contribution in [0.1, 0.15) is 56.1 Å². The van der Waals surface area contributed by atoms with Crippen molar-refractivity contribution in [1.29, 1.82) is 0 Å². The maximum absolute atomic E-state index is 9.75. The van der Waals surface area contributed by atoms with Gasteiger partial charge >= 0.3 is 0 Å². The molecule has 3 heteroatoms. The lowest BCUT2D eigenvalue weighted by Gasteiger charge is -2.49. The Labute approximate surface area is 132 Å². The van der Waals surface area contributed by atoms with E-state index >= 15 is 0 Å². The highest BCUT2D eigenvalue weighted by Gasteiger charge is 2.53. The lowest BCUT2D eigenvalue weighted by atomic mass is 9.55. The number of hydrazone groups is 1. The molecule has 4 atom stereocenters. The molecule has 3 aliphatic carbocycles. The zero-order valence-electron chi connectivity index (χ0n) is 13.6. The molecule has 4 rings (SSSR count). The lowest BCUT2D eigenvalue weighted by Crippen LogP contribution is -2.42. The SMILES string of the molecule is CN/N=C1/CCC2C3CCc4cc(O)ccc4C3CCC12C. The normalized spacial score (nSPS) is 38.3. The van der Waals surface area contributed by atoms with Crippen LogP contribution in [0.3, 0.4) is 0 Å². The Kier molecular flexibility index (Phi) is 3.21. The van der Waals surface area contributed by atoms with Gasteiger partial charge in [-0.2, -0.15) is 5.10 Å². The minimum absolute atomic E-state index is 0.304. The molecule has 0 saturated heterocycles. The van der Waals surface area contributed by atoms with E-state index < -0.39 is 0 Å². The fraction of sp³-hybridized carbons (Fsp3) is 0.632. The van der Waals surface area contributed by atoms with Crippen molar-refractivity contribution >= 4 is 5.71 Å². The van der Waals surface area contributed by atoms with Gasteiger partial charge in [0.15, 0.2) is 0 Å². The summed E-state index contributed by atoms with van der Waals surface area (Å²) in [5.74, 6) is 2.68. The standard InChI is InChI=1S/C19H26N2O/c1-19-10-9-15-14-6-4-13(22)11-12(14)3-5-16(15)17(19)7-8-18(19)21-20-2/h4,6,11,15-17,20,22H,3,5,7-10H2,1-2H3/b21-18-. The molecule has 2 fully saturated rings. The van der Waals surface area contributed by atoms with Crippen molar-refractivity contribution in [2.24, 2.45) is 22.4 Å². The average molecular weight is 298 g/mol. The Balaban J connectivity index is 1.69. The van der Waals surface area contributed by atoms with E-state index in [-0.39, 0.29) is 0 Å². The summed E-state index contributed by atoms with van der Waals surface area (Å²) in [6.07, 6.45) is 7.36. The second-order valence-corrected chi connectivity index (χ2v) is 7.58. The van der Waals surface area contributed by atoms with Crippen molar-refractivity contribution in [3.8, 4) is 5.75 Å². The molecule has 3 aliphatic rings. The van der Waals surface area contributed by atoms with Gasteiger partial charge in [0, 0.05) is 18.2 Å². The van der Waals surface area contributed by atoms with Crippen molar-refractivity contribution < 1.29 is 5.11 Å². The van der Waals surface area contributed by atoms with Crippen LogP contribution >= 0.6 is 0 Å². The molecule has 2 N–H and O–H groups in total. The first kappa shape index (κ1) is 14.1. The molecular formula is C19H26N2O. The summed E-state index contributed by atoms with van der Waals surface area (Å²) in [7, 11) is 1.92. The summed E-state index contributed by atoms with van der Waals surface area (Å²) in [5, 5.41) is 14.4. The highest BCUT2D eigenvalue weighted by molar-refractivity contribution is 5.92. The second kappa shape index (κ2) is 5.00. The van der Waals surface area contributed by atoms with Gasteiger partial charge in [0.05, 0.1) is 0 Å². The van der Waals surface area contributed by atoms with Gasteiger partial charge < -0.3 is 10.5 Å². The number of aromatic hydroxyl groups is 1. The van der Waals surface area contributed by atoms with Crippen molar-refractivity contribution in [2.45, 2.75) is 51.4 Å². The van der Waals surface area contributed by atoms with Gasteiger partial charge in [0.1, 0.15) is 5.75 Å². The number of phenolic OH excluding ortho intramolecular Hbond substituents is 1. The van der Waals surface area contributed by atoms with Crippen molar-refractivity contribution in [1.82, 2.24) is 5.43 Å². The predicted molar refractivity (Wildman–Crippen MR) is 89.2 cm³/mol. The van der Waals surface area contributed by atoms with Crippen LogP contribution in [0.5, 0.6) is 5.75 Å². The third-order valence-corrected chi connectivity index (χ3v) is 6.70. The van der Waals surface area contributed by atoms with Crippen molar-refractivity contribution in [3.05, 3.63) is 29.3 Å². The van der Waals surface area contributed by atoms with Crippen LogP contribution in [-0.2, 0) is 6.42 Å². The maximum Gasteiger partial charge on any atom is 0.115 e. The number of rotatable bonds is 1. The molecule has 0 heterocycles. The van der Waals surface area contributed by atoms with Crippen LogP contribution in [-0.4, -0.2) is 17.9 Å². The third-order valence-electron chi connectivity index (χ3n) is 6.70. The largest absolute Gasteiger partial charge is 0.508 e. The molecule has 22 heavy (non-hydrogen) atoms. The Morgan fingerprint density at radius 1 is 1.23 bits per heavy atom. The van der Waals surface area contributed by atoms with E-state index in [1.807, 2.05) is 19.2 Å². The molecule has 1 aromatic rings. The summed E-state index contributed by atoms with van der Waals surface area (Å²) in [4.78, 5) is 0. The van der Waals surface area contributed by atoms with Crippen LogP contribution < -0.4 is 5.43 Å². The molecule has 0 spiro atoms. The molecule has 0 aromatic heterocycles. The highest BCUT2D eigenvalue weighted by Crippen LogP contribution is 2.59. The Hall–Kier alpha value is -1.51. The predicted octanol–water partition coefficient (Wildman–Crippen LogP) is 3.82. The first-order valence-electron chi connectivity index (χ1n) is 8.69. The maximum atomic E-state index is 9.75. The number of hydrogen-bond acceptors (Lipinski definition) is 3. The van der Waals surface area contributed by atoms with E-state index in [4.69, 9.17) is 0 Å². The second-order valence-electron chi connectivity index (χ2n) is 7.58. The van der Waals surface area contributed by atoms with Crippen LogP contribution in [0, 0.1) is 17.3 Å². The van der Waals surface area contributed by atoms with Gasteiger partial charge in [-0.25, -0.2) is 0 Å². The molecule has 3 nitrogen and oxygen atoms in total. The molecule has 0 radical (unpaired) electrons. The van der Waals surface area contributed by atoms with Crippen molar-refractivity contribution in [3.63, 3.8) is 0 Å². The van der Waals surface area contributed by atoms with Gasteiger partial charge in [0.25, 0.3) is 0 Å². The monoisotopic (exact) mass is 298 g/mol. The number of hydrogen-bond donors (Lipinski definition) is 2. The summed E-state index contributed by atoms with van der Waals surface area (Å²) >= 11 is 0. The first-order chi connectivity index (χ1) is 10.6. The van der Waals surface area contributed by atoms with Crippen LogP contribution in [0.4, 0.5) is 0 Å². The number of aryl methyl sites for hydroxylation is 1. The van der Waals surface area contributed by atoms with Crippen molar-refractivity contribution in [2.75, 3.05) is 7.05 Å². The summed E-state index contributed by atoms with van der Waals surface area (Å²) in [6.45, 7) is 2.45. The molecule has 2 saturated carbocycles. The zero-order valence-corrected chi connectivity index (χ0v) is 13.6. The van der Waals surface area contributed by atoms with E-state index in [9.17, 15) is 5.11 Å². The number of fused-ring (bicyclic) bond motifs is 5. The molecule has 1 aromatic carbocycles. The van der Waals surface area contributed by atoms with Gasteiger partial charge in [-0.3, -0.25) is 0 Å². The lowest BCUT2D eigenvalue weighted by molar-refractivity contribution is 0.0954. The summed E-state index contributed by atoms with van der Waals surface area (Å²) < 4.78 is 0. The van der Waals surface area contributed by atoms with E-state index in [0.29, 0.717) is 17.1 Å². The van der Waals surface area contributed by atoms with Gasteiger partial charge in [0.2, 0.25) is 0 Å². The fourth-order valence-electron chi connectivity index (χ4n) is 5.68. The zero-order chi connectivity index (χ0) is 15.3. The Morgan fingerprint density at radius 2 is 2.09 bits per heavy atom. The molecule has 4 unspecified atom stereocenters. The van der Waals surface area contributed by atoms with Gasteiger partial charge in [-0.1, -0.05) is 13.0 Å². The van der Waals surface area contributed by atoms with E-state index in [1.54, 1.807) is 0 Å². The van der Waals surface area contributed by atoms with Gasteiger partial charge in [-0.05, 0) is 79.5 Å². The van der Waals surface area contributed by atoms with Gasteiger partial charge in [-0.15, -0.1) is 0 Å². The first-order valence-corrected chi connectivity index (χ1v) is 8.69. The smallest absolute Gasteiger partial charge is 0.115 e. The molecule has 0 bridgehead atoms. The quantitative estimate of drug-likeness (QED) is 0.774. The fourth-order valence-corrected chi connectivity index (χ4v) is 5.68. The van der Waals surface area contributed by atoms with Crippen LogP contribution in [0.2, 0.25) is 0 Å². The number of benzene rings is 1. The Morgan fingerprint density at radius 3 is 2.91 bits per heavy atom. The van der Waals surface area contributed by atoms with E-state index in [0.717, 1.165) is 24.7 Å². The van der Waals surface area contributed by atoms with Crippen LogP contribution in [0.25, 0.3) is 0 Å². The summed E-state index contributed by atoms with van der Waals surface area (Å²) in [6, 6.07) is 6.04. The van der Waals surface area contributed by atoms with E-state index in [1.165, 1.54) is 42.5 Å². The molecule has 118 valence electrons. The minimum atomic E-state index is 0.304. The minimum Gasteiger partial charge on any atom is -0.508 e. The summed E-state index contributed by atoms with van der Waals surface area (Å²) in [5.41, 5.74) is 7.62. The molecule has 0 amide bonds. The highest BCUT2D eigenvalue weighted by atomic mass is 16.3. The number of nitrogens with zero attached hydrogens (tertiary/aromatic N) is 1. The average Bonchev–Trinajstić information content (AvgIpc) is 2.84.